The van der Waals surface area contributed by atoms with Crippen molar-refractivity contribution in [3.05, 3.63) is 23.9 Å². The van der Waals surface area contributed by atoms with Crippen molar-refractivity contribution < 1.29 is 9.90 Å². The predicted octanol–water partition coefficient (Wildman–Crippen LogP) is 2.84. The molecular formula is C12H20N2O2S2. The molecule has 0 bridgehead atoms. The highest BCUT2D eigenvalue weighted by Crippen LogP contribution is 2.18. The van der Waals surface area contributed by atoms with Gasteiger partial charge in [-0.3, -0.25) is 10.2 Å². The quantitative estimate of drug-likeness (QED) is 0.424. The lowest BCUT2D eigenvalue weighted by atomic mass is 10.1. The summed E-state index contributed by atoms with van der Waals surface area (Å²) in [5, 5.41) is 16.5. The standard InChI is InChI=1S/C10H14N2O2S.C2H6S/c1-12(8-5-3-2-4-6-8)10(11)15-7-9(13)14;1-2-3/h2-3,5,11H,4,6-7H2,1H3,(H,13,14);3H,2H2,1H3. The third kappa shape index (κ3) is 7.45. The zero-order valence-corrected chi connectivity index (χ0v) is 12.4. The van der Waals surface area contributed by atoms with Crippen LogP contribution in [0.2, 0.25) is 0 Å². The molecule has 0 heterocycles. The van der Waals surface area contributed by atoms with Crippen LogP contribution < -0.4 is 0 Å². The topological polar surface area (TPSA) is 64.4 Å². The van der Waals surface area contributed by atoms with Gasteiger partial charge in [-0.15, -0.1) is 0 Å². The lowest BCUT2D eigenvalue weighted by molar-refractivity contribution is -0.133. The molecule has 0 aromatic heterocycles. The van der Waals surface area contributed by atoms with Gasteiger partial charge in [0.25, 0.3) is 0 Å². The summed E-state index contributed by atoms with van der Waals surface area (Å²) in [6, 6.07) is 0. The van der Waals surface area contributed by atoms with E-state index in [9.17, 15) is 4.79 Å². The van der Waals surface area contributed by atoms with E-state index in [1.807, 2.05) is 19.1 Å². The fraction of sp³-hybridized carbons (Fsp3) is 0.500. The molecule has 0 amide bonds. The lowest BCUT2D eigenvalue weighted by Gasteiger charge is -2.23. The van der Waals surface area contributed by atoms with E-state index in [1.54, 1.807) is 11.9 Å². The molecule has 2 N–H and O–H groups in total. The van der Waals surface area contributed by atoms with Crippen LogP contribution in [0, 0.1) is 5.41 Å². The minimum atomic E-state index is -0.893. The zero-order valence-electron chi connectivity index (χ0n) is 10.7. The van der Waals surface area contributed by atoms with E-state index in [1.165, 1.54) is 0 Å². The fourth-order valence-electron chi connectivity index (χ4n) is 1.23. The van der Waals surface area contributed by atoms with Gasteiger partial charge in [-0.1, -0.05) is 30.8 Å². The highest BCUT2D eigenvalue weighted by Gasteiger charge is 2.12. The molecule has 1 aliphatic carbocycles. The van der Waals surface area contributed by atoms with E-state index in [4.69, 9.17) is 10.5 Å². The first-order valence-electron chi connectivity index (χ1n) is 5.66. The Morgan fingerprint density at radius 1 is 1.67 bits per heavy atom. The Kier molecular flexibility index (Phi) is 9.59. The summed E-state index contributed by atoms with van der Waals surface area (Å²) in [7, 11) is 1.79. The van der Waals surface area contributed by atoms with Crippen LogP contribution in [0.3, 0.4) is 0 Å². The largest absolute Gasteiger partial charge is 0.481 e. The number of aliphatic carboxylic acids is 1. The van der Waals surface area contributed by atoms with E-state index < -0.39 is 5.97 Å². The molecule has 0 fully saturated rings. The summed E-state index contributed by atoms with van der Waals surface area (Å²) >= 11 is 4.82. The van der Waals surface area contributed by atoms with Gasteiger partial charge in [-0.2, -0.15) is 12.6 Å². The molecule has 0 saturated carbocycles. The SMILES string of the molecule is CCS.CN(C(=N)SCC(=O)O)C1=CC=CCC1. The summed E-state index contributed by atoms with van der Waals surface area (Å²) in [5.41, 5.74) is 1.06. The average molecular weight is 288 g/mol. The predicted molar refractivity (Wildman–Crippen MR) is 81.6 cm³/mol. The number of carboxylic acids is 1. The summed E-state index contributed by atoms with van der Waals surface area (Å²) < 4.78 is 0. The van der Waals surface area contributed by atoms with Crippen molar-refractivity contribution in [3.8, 4) is 0 Å². The van der Waals surface area contributed by atoms with Crippen LogP contribution in [0.4, 0.5) is 0 Å². The lowest BCUT2D eigenvalue weighted by Crippen LogP contribution is -2.24. The van der Waals surface area contributed by atoms with Gasteiger partial charge < -0.3 is 10.0 Å². The Hall–Kier alpha value is -0.880. The van der Waals surface area contributed by atoms with Crippen LogP contribution in [-0.4, -0.2) is 39.7 Å². The normalized spacial score (nSPS) is 13.2. The molecule has 0 unspecified atom stereocenters. The van der Waals surface area contributed by atoms with Gasteiger partial charge in [0.15, 0.2) is 5.17 Å². The first kappa shape index (κ1) is 17.1. The van der Waals surface area contributed by atoms with E-state index in [0.717, 1.165) is 36.1 Å². The molecule has 0 saturated heterocycles. The van der Waals surface area contributed by atoms with E-state index in [2.05, 4.69) is 18.7 Å². The minimum absolute atomic E-state index is 0.0632. The Balaban J connectivity index is 0.000000873. The summed E-state index contributed by atoms with van der Waals surface area (Å²) in [6.45, 7) is 1.99. The van der Waals surface area contributed by atoms with Crippen molar-refractivity contribution in [2.45, 2.75) is 19.8 Å². The van der Waals surface area contributed by atoms with Crippen molar-refractivity contribution >= 4 is 35.5 Å². The van der Waals surface area contributed by atoms with Crippen molar-refractivity contribution in [1.82, 2.24) is 4.90 Å². The van der Waals surface area contributed by atoms with Gasteiger partial charge >= 0.3 is 5.97 Å². The van der Waals surface area contributed by atoms with Gasteiger partial charge in [0.05, 0.1) is 5.75 Å². The molecule has 18 heavy (non-hydrogen) atoms. The molecule has 0 spiro atoms. The minimum Gasteiger partial charge on any atom is -0.481 e. The van der Waals surface area contributed by atoms with Crippen LogP contribution in [-0.2, 0) is 4.79 Å². The molecule has 1 rings (SSSR count). The third-order valence-electron chi connectivity index (χ3n) is 2.06. The Morgan fingerprint density at radius 3 is 2.72 bits per heavy atom. The Labute approximate surface area is 118 Å². The van der Waals surface area contributed by atoms with Gasteiger partial charge in [-0.05, 0) is 24.7 Å². The second kappa shape index (κ2) is 10.1. The molecule has 4 nitrogen and oxygen atoms in total. The first-order valence-corrected chi connectivity index (χ1v) is 7.28. The first-order chi connectivity index (χ1) is 8.52. The highest BCUT2D eigenvalue weighted by molar-refractivity contribution is 8.14. The van der Waals surface area contributed by atoms with Crippen molar-refractivity contribution in [2.24, 2.45) is 0 Å². The molecule has 0 radical (unpaired) electrons. The number of nitrogens with one attached hydrogen (secondary N) is 1. The van der Waals surface area contributed by atoms with Crippen molar-refractivity contribution in [2.75, 3.05) is 18.6 Å². The second-order valence-corrected chi connectivity index (χ2v) is 5.08. The van der Waals surface area contributed by atoms with Crippen molar-refractivity contribution in [1.29, 1.82) is 5.41 Å². The van der Waals surface area contributed by atoms with Gasteiger partial charge in [0.1, 0.15) is 0 Å². The van der Waals surface area contributed by atoms with E-state index >= 15 is 0 Å². The Bertz CT molecular complexity index is 341. The van der Waals surface area contributed by atoms with Crippen LogP contribution in [0.5, 0.6) is 0 Å². The van der Waals surface area contributed by atoms with Crippen LogP contribution in [0.15, 0.2) is 23.9 Å². The number of amidine groups is 1. The van der Waals surface area contributed by atoms with Crippen LogP contribution >= 0.6 is 24.4 Å². The zero-order chi connectivity index (χ0) is 14.0. The molecule has 0 atom stereocenters. The summed E-state index contributed by atoms with van der Waals surface area (Å²) in [6.07, 6.45) is 7.88. The number of thiol groups is 1. The molecule has 0 aromatic carbocycles. The fourth-order valence-corrected chi connectivity index (χ4v) is 1.80. The maximum atomic E-state index is 10.3. The van der Waals surface area contributed by atoms with Crippen LogP contribution in [0.1, 0.15) is 19.8 Å². The van der Waals surface area contributed by atoms with E-state index in [-0.39, 0.29) is 10.9 Å². The molecule has 6 heteroatoms. The number of thioether (sulfide) groups is 1. The average Bonchev–Trinajstić information content (AvgIpc) is 2.37. The smallest absolute Gasteiger partial charge is 0.313 e. The number of carboxylic acid groups (broad SMARTS) is 1. The maximum absolute atomic E-state index is 10.3. The summed E-state index contributed by atoms with van der Waals surface area (Å²) in [4.78, 5) is 12.1. The summed E-state index contributed by atoms with van der Waals surface area (Å²) in [5.74, 6) is -0.0117. The third-order valence-corrected chi connectivity index (χ3v) is 3.00. The number of hydrogen-bond acceptors (Lipinski definition) is 4. The van der Waals surface area contributed by atoms with Crippen LogP contribution in [0.25, 0.3) is 0 Å². The van der Waals surface area contributed by atoms with Gasteiger partial charge in [-0.25, -0.2) is 0 Å². The molecule has 0 aromatic rings. The monoisotopic (exact) mass is 288 g/mol. The Morgan fingerprint density at radius 2 is 2.28 bits per heavy atom. The molecular weight excluding hydrogens is 268 g/mol. The molecule has 1 aliphatic rings. The van der Waals surface area contributed by atoms with E-state index in [0.29, 0.717) is 0 Å². The number of hydrogen-bond donors (Lipinski definition) is 3. The van der Waals surface area contributed by atoms with Gasteiger partial charge in [0.2, 0.25) is 0 Å². The second-order valence-electron chi connectivity index (χ2n) is 3.49. The number of allylic oxidation sites excluding steroid dienone is 4. The van der Waals surface area contributed by atoms with Gasteiger partial charge in [0, 0.05) is 12.7 Å². The highest BCUT2D eigenvalue weighted by atomic mass is 32.2. The number of rotatable bonds is 3. The number of nitrogens with zero attached hydrogens (tertiary/aromatic N) is 1. The van der Waals surface area contributed by atoms with Crippen molar-refractivity contribution in [3.63, 3.8) is 0 Å². The molecule has 0 aliphatic heterocycles. The number of carbonyl (C=O) groups is 1. The maximum Gasteiger partial charge on any atom is 0.313 e. The molecule has 102 valence electrons.